The molecule has 14 heteroatoms. The number of fused-ring (bicyclic) bond motifs is 3. The van der Waals surface area contributed by atoms with Crippen molar-refractivity contribution < 1.29 is 46.1 Å². The zero-order valence-corrected chi connectivity index (χ0v) is 22.8. The third-order valence-electron chi connectivity index (χ3n) is 5.78. The Labute approximate surface area is 225 Å². The molecule has 0 aromatic carbocycles. The molecule has 10 nitrogen and oxygen atoms in total. The van der Waals surface area contributed by atoms with Crippen molar-refractivity contribution in [1.29, 1.82) is 0 Å². The number of rotatable bonds is 9. The summed E-state index contributed by atoms with van der Waals surface area (Å²) in [5, 5.41) is 3.89. The highest BCUT2D eigenvalue weighted by molar-refractivity contribution is 7.85. The van der Waals surface area contributed by atoms with Gasteiger partial charge in [-0.1, -0.05) is 0 Å². The molecule has 3 aromatic rings. The summed E-state index contributed by atoms with van der Waals surface area (Å²) in [6.45, 7) is 2.93. The molecule has 3 aliphatic rings. The first-order valence-corrected chi connectivity index (χ1v) is 15.9. The van der Waals surface area contributed by atoms with Crippen LogP contribution in [-0.4, -0.2) is 71.1 Å². The third-order valence-corrected chi connectivity index (χ3v) is 9.94. The first kappa shape index (κ1) is 25.1. The molecule has 1 N–H and O–H groups in total. The summed E-state index contributed by atoms with van der Waals surface area (Å²) < 4.78 is 72.4. The molecule has 0 spiro atoms. The number of ether oxygens (including phenoxy) is 7. The first-order chi connectivity index (χ1) is 18.0. The quantitative estimate of drug-likeness (QED) is 0.281. The van der Waals surface area contributed by atoms with Gasteiger partial charge in [-0.05, 0) is 12.8 Å². The van der Waals surface area contributed by atoms with Crippen molar-refractivity contribution in [3.8, 4) is 54.0 Å². The lowest BCUT2D eigenvalue weighted by molar-refractivity contribution is 0.00931. The maximum atomic E-state index is 10.9. The average molecular weight is 589 g/mol. The van der Waals surface area contributed by atoms with Crippen molar-refractivity contribution in [2.75, 3.05) is 52.0 Å². The minimum Gasteiger partial charge on any atom is -0.485 e. The topological polar surface area (TPSA) is 119 Å². The van der Waals surface area contributed by atoms with Gasteiger partial charge in [-0.3, -0.25) is 4.55 Å². The van der Waals surface area contributed by atoms with Crippen molar-refractivity contribution >= 4 is 44.1 Å². The lowest BCUT2D eigenvalue weighted by Gasteiger charge is -2.26. The molecule has 0 aliphatic carbocycles. The fourth-order valence-corrected chi connectivity index (χ4v) is 8.03. The fraction of sp³-hybridized carbons (Fsp3) is 0.478. The molecule has 0 radical (unpaired) electrons. The summed E-state index contributed by atoms with van der Waals surface area (Å²) in [4.78, 5) is 3.64. The average Bonchev–Trinajstić information content (AvgIpc) is 3.60. The molecule has 6 rings (SSSR count). The zero-order valence-electron chi connectivity index (χ0n) is 19.6. The second-order valence-electron chi connectivity index (χ2n) is 8.45. The van der Waals surface area contributed by atoms with Gasteiger partial charge in [-0.15, -0.1) is 34.0 Å². The Hall–Kier alpha value is -2.23. The molecular weight excluding hydrogens is 565 g/mol. The Kier molecular flexibility index (Phi) is 7.11. The molecule has 6 heterocycles. The molecule has 1 atom stereocenters. The van der Waals surface area contributed by atoms with Crippen molar-refractivity contribution in [3.05, 3.63) is 10.8 Å². The highest BCUT2D eigenvalue weighted by atomic mass is 32.2. The summed E-state index contributed by atoms with van der Waals surface area (Å²) >= 11 is 4.63. The molecule has 0 amide bonds. The minimum absolute atomic E-state index is 0.276. The van der Waals surface area contributed by atoms with Crippen molar-refractivity contribution in [1.82, 2.24) is 0 Å². The molecule has 0 saturated carbocycles. The van der Waals surface area contributed by atoms with E-state index in [1.54, 1.807) is 22.7 Å². The first-order valence-electron chi connectivity index (χ1n) is 11.7. The van der Waals surface area contributed by atoms with E-state index in [2.05, 4.69) is 0 Å². The van der Waals surface area contributed by atoms with E-state index in [4.69, 9.17) is 37.7 Å². The SMILES string of the molecule is O=S(=O)(O)CCCCOCC1COc2c(-c3scc4c3OCCO4)sc(-c3scc4c3OCCO4)c2O1. The van der Waals surface area contributed by atoms with Gasteiger partial charge in [0.2, 0.25) is 0 Å². The van der Waals surface area contributed by atoms with E-state index in [1.165, 1.54) is 11.3 Å². The molecule has 37 heavy (non-hydrogen) atoms. The van der Waals surface area contributed by atoms with Gasteiger partial charge in [0.1, 0.15) is 33.0 Å². The van der Waals surface area contributed by atoms with E-state index in [-0.39, 0.29) is 18.5 Å². The summed E-state index contributed by atoms with van der Waals surface area (Å²) in [5.74, 6) is 3.89. The Morgan fingerprint density at radius 2 is 1.43 bits per heavy atom. The number of hydrogen-bond acceptors (Lipinski definition) is 12. The molecule has 0 fully saturated rings. The van der Waals surface area contributed by atoms with Crippen molar-refractivity contribution in [2.24, 2.45) is 0 Å². The van der Waals surface area contributed by atoms with Gasteiger partial charge < -0.3 is 33.2 Å². The van der Waals surface area contributed by atoms with Crippen LogP contribution in [0.2, 0.25) is 0 Å². The Morgan fingerprint density at radius 3 is 2.08 bits per heavy atom. The largest absolute Gasteiger partial charge is 0.485 e. The highest BCUT2D eigenvalue weighted by Crippen LogP contribution is 2.61. The van der Waals surface area contributed by atoms with Crippen LogP contribution in [0.25, 0.3) is 19.5 Å². The minimum atomic E-state index is -3.95. The van der Waals surface area contributed by atoms with E-state index in [0.717, 1.165) is 36.8 Å². The lowest BCUT2D eigenvalue weighted by Crippen LogP contribution is -2.33. The molecular formula is C23H24O10S4. The lowest BCUT2D eigenvalue weighted by atomic mass is 10.2. The summed E-state index contributed by atoms with van der Waals surface area (Å²) in [7, 11) is -3.95. The maximum absolute atomic E-state index is 10.9. The second kappa shape index (κ2) is 10.5. The van der Waals surface area contributed by atoms with Crippen LogP contribution in [0.4, 0.5) is 0 Å². The van der Waals surface area contributed by atoms with Crippen molar-refractivity contribution in [3.63, 3.8) is 0 Å². The van der Waals surface area contributed by atoms with Crippen LogP contribution in [0.3, 0.4) is 0 Å². The third kappa shape index (κ3) is 5.22. The van der Waals surface area contributed by atoms with Gasteiger partial charge in [0, 0.05) is 17.4 Å². The highest BCUT2D eigenvalue weighted by Gasteiger charge is 2.36. The van der Waals surface area contributed by atoms with Gasteiger partial charge in [-0.25, -0.2) is 0 Å². The van der Waals surface area contributed by atoms with E-state index >= 15 is 0 Å². The van der Waals surface area contributed by atoms with Gasteiger partial charge >= 0.3 is 0 Å². The summed E-state index contributed by atoms with van der Waals surface area (Å²) in [6, 6.07) is 0. The van der Waals surface area contributed by atoms with E-state index in [0.29, 0.717) is 69.7 Å². The predicted molar refractivity (Wildman–Crippen MR) is 139 cm³/mol. The van der Waals surface area contributed by atoms with Crippen LogP contribution >= 0.6 is 34.0 Å². The van der Waals surface area contributed by atoms with Crippen LogP contribution < -0.4 is 28.4 Å². The van der Waals surface area contributed by atoms with E-state index in [1.807, 2.05) is 10.8 Å². The van der Waals surface area contributed by atoms with Crippen LogP contribution in [0.15, 0.2) is 10.8 Å². The summed E-state index contributed by atoms with van der Waals surface area (Å²) in [5.41, 5.74) is 0. The molecule has 0 bridgehead atoms. The molecule has 1 unspecified atom stereocenters. The maximum Gasteiger partial charge on any atom is 0.264 e. The Morgan fingerprint density at radius 1 is 0.811 bits per heavy atom. The smallest absolute Gasteiger partial charge is 0.264 e. The van der Waals surface area contributed by atoms with Gasteiger partial charge in [-0.2, -0.15) is 8.42 Å². The van der Waals surface area contributed by atoms with Gasteiger partial charge in [0.25, 0.3) is 10.1 Å². The second-order valence-corrected chi connectivity index (χ2v) is 12.8. The van der Waals surface area contributed by atoms with Gasteiger partial charge in [0.15, 0.2) is 40.6 Å². The predicted octanol–water partition coefficient (Wildman–Crippen LogP) is 4.57. The van der Waals surface area contributed by atoms with E-state index < -0.39 is 10.1 Å². The fourth-order valence-electron chi connectivity index (χ4n) is 4.14. The van der Waals surface area contributed by atoms with E-state index in [9.17, 15) is 8.42 Å². The molecule has 3 aromatic heterocycles. The molecule has 3 aliphatic heterocycles. The van der Waals surface area contributed by atoms with Crippen LogP contribution in [0, 0.1) is 0 Å². The van der Waals surface area contributed by atoms with Crippen molar-refractivity contribution in [2.45, 2.75) is 18.9 Å². The van der Waals surface area contributed by atoms with Crippen LogP contribution in [0.1, 0.15) is 12.8 Å². The van der Waals surface area contributed by atoms with Crippen LogP contribution in [-0.2, 0) is 14.9 Å². The zero-order chi connectivity index (χ0) is 25.4. The number of unbranched alkanes of at least 4 members (excludes halogenated alkanes) is 1. The van der Waals surface area contributed by atoms with Crippen LogP contribution in [0.5, 0.6) is 34.5 Å². The summed E-state index contributed by atoms with van der Waals surface area (Å²) in [6.07, 6.45) is 0.488. The monoisotopic (exact) mass is 588 g/mol. The number of thiophene rings is 3. The number of hydrogen-bond donors (Lipinski definition) is 1. The Balaban J connectivity index is 1.26. The normalized spacial score (nSPS) is 18.1. The standard InChI is InChI=1S/C23H24O10S4/c24-37(25,26)8-2-1-3-27-9-13-10-32-18-19(33-13)23(21-17-15(12-35-21)29-5-7-31-17)36-22(18)20-16-14(11-34-20)28-4-6-30-16/h11-13H,1-10H2,(H,24,25,26). The molecule has 0 saturated heterocycles. The molecule has 200 valence electrons. The van der Waals surface area contributed by atoms with Gasteiger partial charge in [0.05, 0.1) is 31.9 Å². The Bertz CT molecular complexity index is 1370.